The van der Waals surface area contributed by atoms with Gasteiger partial charge in [-0.15, -0.1) is 0 Å². The first-order valence-electron chi connectivity index (χ1n) is 12.6. The number of hydrogen-bond acceptors (Lipinski definition) is 5. The van der Waals surface area contributed by atoms with Crippen molar-refractivity contribution < 1.29 is 24.1 Å². The molecule has 1 spiro atoms. The minimum atomic E-state index is -0.484. The van der Waals surface area contributed by atoms with Crippen LogP contribution in [-0.2, 0) is 9.47 Å². The van der Waals surface area contributed by atoms with Crippen LogP contribution in [0.15, 0.2) is 29.8 Å². The largest absolute Gasteiger partial charge is 0.508 e. The standard InChI is InChI=1S/C28H41NO5/c1-19(2)8-7-11-27(6)22-17-28(12-14-29(15-13-28)25(31)34-26(3,4)5)18-32-24(22)21-10-9-20(30)16-23(21)33-27/h8-10,16,22,24,30H,7,11-15,17-18H2,1-6H3/t22-,24+,27-/m0/s1. The number of carbonyl (C=O) groups is 1. The van der Waals surface area contributed by atoms with Crippen molar-refractivity contribution in [2.75, 3.05) is 19.7 Å². The molecule has 0 saturated carbocycles. The minimum Gasteiger partial charge on any atom is -0.508 e. The van der Waals surface area contributed by atoms with Crippen LogP contribution >= 0.6 is 0 Å². The first-order valence-corrected chi connectivity index (χ1v) is 12.6. The smallest absolute Gasteiger partial charge is 0.410 e. The second-order valence-corrected chi connectivity index (χ2v) is 12.0. The van der Waals surface area contributed by atoms with E-state index in [1.54, 1.807) is 12.1 Å². The maximum absolute atomic E-state index is 12.6. The maximum atomic E-state index is 12.6. The number of carbonyl (C=O) groups excluding carboxylic acids is 1. The Morgan fingerprint density at radius 2 is 1.97 bits per heavy atom. The summed E-state index contributed by atoms with van der Waals surface area (Å²) in [6, 6.07) is 5.39. The van der Waals surface area contributed by atoms with Gasteiger partial charge in [-0.1, -0.05) is 11.6 Å². The lowest BCUT2D eigenvalue weighted by Crippen LogP contribution is -2.56. The van der Waals surface area contributed by atoms with Crippen LogP contribution in [0.25, 0.3) is 0 Å². The van der Waals surface area contributed by atoms with Gasteiger partial charge >= 0.3 is 6.09 Å². The molecule has 3 atom stereocenters. The first kappa shape index (κ1) is 24.9. The molecule has 3 aliphatic rings. The fourth-order valence-corrected chi connectivity index (χ4v) is 5.75. The number of piperidine rings is 1. The highest BCUT2D eigenvalue weighted by molar-refractivity contribution is 5.68. The predicted molar refractivity (Wildman–Crippen MR) is 132 cm³/mol. The van der Waals surface area contributed by atoms with Gasteiger partial charge in [-0.05, 0) is 91.2 Å². The summed E-state index contributed by atoms with van der Waals surface area (Å²) in [7, 11) is 0. The molecule has 0 bridgehead atoms. The molecule has 188 valence electrons. The Balaban J connectivity index is 1.53. The molecule has 0 unspecified atom stereocenters. The number of aromatic hydroxyl groups is 1. The molecule has 1 aromatic carbocycles. The van der Waals surface area contributed by atoms with E-state index in [0.717, 1.165) is 43.4 Å². The van der Waals surface area contributed by atoms with Crippen molar-refractivity contribution in [1.29, 1.82) is 0 Å². The van der Waals surface area contributed by atoms with Crippen molar-refractivity contribution >= 4 is 6.09 Å². The van der Waals surface area contributed by atoms with E-state index in [-0.39, 0.29) is 29.3 Å². The van der Waals surface area contributed by atoms with Crippen LogP contribution in [0.4, 0.5) is 4.79 Å². The zero-order valence-electron chi connectivity index (χ0n) is 21.6. The molecular weight excluding hydrogens is 430 g/mol. The normalized spacial score (nSPS) is 27.9. The Hall–Kier alpha value is -2.21. The highest BCUT2D eigenvalue weighted by atomic mass is 16.6. The van der Waals surface area contributed by atoms with E-state index in [2.05, 4.69) is 26.8 Å². The fourth-order valence-electron chi connectivity index (χ4n) is 5.75. The Bertz CT molecular complexity index is 937. The van der Waals surface area contributed by atoms with E-state index in [1.807, 2.05) is 31.7 Å². The number of amides is 1. The third kappa shape index (κ3) is 5.22. The van der Waals surface area contributed by atoms with E-state index in [1.165, 1.54) is 5.57 Å². The Morgan fingerprint density at radius 3 is 2.62 bits per heavy atom. The summed E-state index contributed by atoms with van der Waals surface area (Å²) in [6.45, 7) is 14.2. The van der Waals surface area contributed by atoms with E-state index in [4.69, 9.17) is 14.2 Å². The molecule has 1 amide bonds. The average molecular weight is 472 g/mol. The molecule has 2 fully saturated rings. The molecule has 0 aliphatic carbocycles. The second-order valence-electron chi connectivity index (χ2n) is 12.0. The number of phenols is 1. The maximum Gasteiger partial charge on any atom is 0.410 e. The monoisotopic (exact) mass is 471 g/mol. The van der Waals surface area contributed by atoms with Gasteiger partial charge in [0.2, 0.25) is 0 Å². The quantitative estimate of drug-likeness (QED) is 0.518. The van der Waals surface area contributed by atoms with E-state index in [0.29, 0.717) is 19.7 Å². The van der Waals surface area contributed by atoms with E-state index < -0.39 is 11.2 Å². The average Bonchev–Trinajstić information content (AvgIpc) is 2.73. The van der Waals surface area contributed by atoms with Crippen LogP contribution in [0.5, 0.6) is 11.5 Å². The number of phenolic OH excluding ortho intramolecular Hbond substituents is 1. The molecule has 1 N–H and O–H groups in total. The molecule has 0 radical (unpaired) electrons. The number of fused-ring (bicyclic) bond motifs is 3. The van der Waals surface area contributed by atoms with Crippen LogP contribution in [0.3, 0.4) is 0 Å². The first-order chi connectivity index (χ1) is 15.9. The predicted octanol–water partition coefficient (Wildman–Crippen LogP) is 6.38. The molecule has 0 aromatic heterocycles. The third-order valence-electron chi connectivity index (χ3n) is 7.69. The molecule has 34 heavy (non-hydrogen) atoms. The summed E-state index contributed by atoms with van der Waals surface area (Å²) in [5, 5.41) is 10.1. The Kier molecular flexibility index (Phi) is 6.67. The van der Waals surface area contributed by atoms with Crippen molar-refractivity contribution in [1.82, 2.24) is 4.90 Å². The zero-order chi connectivity index (χ0) is 24.7. The summed E-state index contributed by atoms with van der Waals surface area (Å²) < 4.78 is 18.9. The summed E-state index contributed by atoms with van der Waals surface area (Å²) in [5.74, 6) is 1.15. The van der Waals surface area contributed by atoms with Crippen molar-refractivity contribution in [3.8, 4) is 11.5 Å². The Morgan fingerprint density at radius 1 is 1.26 bits per heavy atom. The summed E-state index contributed by atoms with van der Waals surface area (Å²) in [6.07, 6.45) is 6.64. The number of nitrogens with zero attached hydrogens (tertiary/aromatic N) is 1. The zero-order valence-corrected chi connectivity index (χ0v) is 21.6. The third-order valence-corrected chi connectivity index (χ3v) is 7.69. The summed E-state index contributed by atoms with van der Waals surface area (Å²) in [4.78, 5) is 14.4. The minimum absolute atomic E-state index is 0.0369. The van der Waals surface area contributed by atoms with Gasteiger partial charge in [0.05, 0.1) is 12.7 Å². The molecular formula is C28H41NO5. The van der Waals surface area contributed by atoms with Gasteiger partial charge in [-0.3, -0.25) is 0 Å². The van der Waals surface area contributed by atoms with Gasteiger partial charge < -0.3 is 24.2 Å². The van der Waals surface area contributed by atoms with Crippen molar-refractivity contribution in [3.05, 3.63) is 35.4 Å². The molecule has 1 aromatic rings. The molecule has 6 nitrogen and oxygen atoms in total. The topological polar surface area (TPSA) is 68.2 Å². The van der Waals surface area contributed by atoms with Gasteiger partial charge in [-0.2, -0.15) is 0 Å². The second kappa shape index (κ2) is 9.10. The fraction of sp³-hybridized carbons (Fsp3) is 0.679. The molecule has 3 aliphatic heterocycles. The highest BCUT2D eigenvalue weighted by Crippen LogP contribution is 2.57. The molecule has 6 heteroatoms. The van der Waals surface area contributed by atoms with Gasteiger partial charge in [0.15, 0.2) is 0 Å². The highest BCUT2D eigenvalue weighted by Gasteiger charge is 2.54. The van der Waals surface area contributed by atoms with Crippen molar-refractivity contribution in [2.45, 2.75) is 91.0 Å². The lowest BCUT2D eigenvalue weighted by atomic mass is 9.63. The number of hydrogen-bond donors (Lipinski definition) is 1. The van der Waals surface area contributed by atoms with Crippen LogP contribution in [0.2, 0.25) is 0 Å². The molecule has 2 saturated heterocycles. The summed E-state index contributed by atoms with van der Waals surface area (Å²) >= 11 is 0. The lowest BCUT2D eigenvalue weighted by Gasteiger charge is -2.55. The Labute approximate surface area is 204 Å². The number of benzene rings is 1. The van der Waals surface area contributed by atoms with Crippen LogP contribution in [-0.4, -0.2) is 47.0 Å². The number of likely N-dealkylation sites (tertiary alicyclic amines) is 1. The summed E-state index contributed by atoms with van der Waals surface area (Å²) in [5.41, 5.74) is 1.49. The van der Waals surface area contributed by atoms with Crippen LogP contribution in [0.1, 0.15) is 85.3 Å². The lowest BCUT2D eigenvalue weighted by molar-refractivity contribution is -0.179. The van der Waals surface area contributed by atoms with Crippen LogP contribution in [0, 0.1) is 11.3 Å². The SMILES string of the molecule is CC(C)=CCC[C@]1(C)Oc2cc(O)ccc2[C@H]2OCC3(CCN(C(=O)OC(C)(C)C)CC3)C[C@@H]21. The van der Waals surface area contributed by atoms with E-state index >= 15 is 0 Å². The number of ether oxygens (including phenoxy) is 3. The van der Waals surface area contributed by atoms with E-state index in [9.17, 15) is 9.90 Å². The van der Waals surface area contributed by atoms with Crippen molar-refractivity contribution in [2.24, 2.45) is 11.3 Å². The van der Waals surface area contributed by atoms with Gasteiger partial charge in [0, 0.05) is 30.6 Å². The van der Waals surface area contributed by atoms with Gasteiger partial charge in [0.1, 0.15) is 22.7 Å². The van der Waals surface area contributed by atoms with Crippen LogP contribution < -0.4 is 4.74 Å². The number of allylic oxidation sites excluding steroid dienone is 2. The van der Waals surface area contributed by atoms with Crippen molar-refractivity contribution in [3.63, 3.8) is 0 Å². The van der Waals surface area contributed by atoms with Gasteiger partial charge in [0.25, 0.3) is 0 Å². The molecule has 3 heterocycles. The molecule has 4 rings (SSSR count). The van der Waals surface area contributed by atoms with Gasteiger partial charge in [-0.25, -0.2) is 4.79 Å². The number of rotatable bonds is 3.